The van der Waals surface area contributed by atoms with Gasteiger partial charge in [-0.25, -0.2) is 9.78 Å². The Bertz CT molecular complexity index is 359. The van der Waals surface area contributed by atoms with E-state index in [4.69, 9.17) is 10.5 Å². The Kier molecular flexibility index (Phi) is 2.45. The van der Waals surface area contributed by atoms with Crippen molar-refractivity contribution in [1.82, 2.24) is 4.98 Å². The number of ether oxygens (including phenoxy) is 1. The minimum absolute atomic E-state index is 0.248. The minimum atomic E-state index is -0.426. The van der Waals surface area contributed by atoms with E-state index >= 15 is 0 Å². The maximum absolute atomic E-state index is 11.2. The van der Waals surface area contributed by atoms with Gasteiger partial charge in [0.1, 0.15) is 0 Å². The summed E-state index contributed by atoms with van der Waals surface area (Å²) in [7, 11) is 1.55. The molecule has 5 nitrogen and oxygen atoms in total. The van der Waals surface area contributed by atoms with Gasteiger partial charge in [0.05, 0.1) is 19.0 Å². The van der Waals surface area contributed by atoms with Gasteiger partial charge in [-0.2, -0.15) is 0 Å². The molecule has 1 aliphatic rings. The fraction of sp³-hybridized carbons (Fsp3) is 0.400. The first-order valence-electron chi connectivity index (χ1n) is 4.81. The van der Waals surface area contributed by atoms with Gasteiger partial charge in [0, 0.05) is 12.1 Å². The fourth-order valence-electron chi connectivity index (χ4n) is 1.49. The molecule has 1 aliphatic carbocycles. The Morgan fingerprint density at radius 3 is 2.73 bits per heavy atom. The van der Waals surface area contributed by atoms with Crippen LogP contribution in [0.5, 0.6) is 5.88 Å². The molecule has 2 amide bonds. The number of amides is 2. The fourth-order valence-corrected chi connectivity index (χ4v) is 1.49. The number of nitrogens with zero attached hydrogens (tertiary/aromatic N) is 2. The number of hydrogen-bond acceptors (Lipinski definition) is 3. The number of anilines is 1. The summed E-state index contributed by atoms with van der Waals surface area (Å²) in [6.45, 7) is 0. The number of carbonyl (C=O) groups excluding carboxylic acids is 1. The second-order valence-corrected chi connectivity index (χ2v) is 3.50. The molecule has 0 saturated heterocycles. The minimum Gasteiger partial charge on any atom is -0.481 e. The number of primary amides is 1. The molecule has 1 fully saturated rings. The van der Waals surface area contributed by atoms with Gasteiger partial charge < -0.3 is 10.5 Å². The van der Waals surface area contributed by atoms with Crippen LogP contribution in [-0.4, -0.2) is 24.2 Å². The molecule has 1 aromatic heterocycles. The smallest absolute Gasteiger partial charge is 0.319 e. The average Bonchev–Trinajstić information content (AvgIpc) is 3.03. The number of methoxy groups -OCH3 is 1. The van der Waals surface area contributed by atoms with Crippen molar-refractivity contribution in [2.24, 2.45) is 5.73 Å². The van der Waals surface area contributed by atoms with Crippen LogP contribution in [0.4, 0.5) is 10.5 Å². The maximum atomic E-state index is 11.2. The monoisotopic (exact) mass is 207 g/mol. The molecule has 15 heavy (non-hydrogen) atoms. The Labute approximate surface area is 87.8 Å². The lowest BCUT2D eigenvalue weighted by atomic mass is 10.3. The van der Waals surface area contributed by atoms with Crippen LogP contribution in [0.1, 0.15) is 12.8 Å². The topological polar surface area (TPSA) is 68.5 Å². The van der Waals surface area contributed by atoms with Gasteiger partial charge in [-0.15, -0.1) is 0 Å². The summed E-state index contributed by atoms with van der Waals surface area (Å²) < 4.78 is 4.94. The third-order valence-corrected chi connectivity index (χ3v) is 2.36. The molecule has 0 aliphatic heterocycles. The quantitative estimate of drug-likeness (QED) is 0.808. The van der Waals surface area contributed by atoms with E-state index in [0.29, 0.717) is 5.88 Å². The predicted octanol–water partition coefficient (Wildman–Crippen LogP) is 1.14. The Morgan fingerprint density at radius 1 is 1.60 bits per heavy atom. The highest BCUT2D eigenvalue weighted by molar-refractivity contribution is 5.91. The first-order chi connectivity index (χ1) is 7.22. The van der Waals surface area contributed by atoms with E-state index < -0.39 is 6.03 Å². The van der Waals surface area contributed by atoms with Crippen LogP contribution >= 0.6 is 0 Å². The highest BCUT2D eigenvalue weighted by Gasteiger charge is 2.32. The number of carbonyl (C=O) groups is 1. The first kappa shape index (κ1) is 9.76. The van der Waals surface area contributed by atoms with Gasteiger partial charge >= 0.3 is 6.03 Å². The third kappa shape index (κ3) is 2.01. The number of nitrogens with two attached hydrogens (primary N) is 1. The molecule has 2 N–H and O–H groups in total. The number of rotatable bonds is 3. The second-order valence-electron chi connectivity index (χ2n) is 3.50. The van der Waals surface area contributed by atoms with Crippen molar-refractivity contribution in [2.45, 2.75) is 18.9 Å². The molecule has 0 radical (unpaired) electrons. The molecule has 0 atom stereocenters. The number of pyridine rings is 1. The zero-order valence-electron chi connectivity index (χ0n) is 8.51. The zero-order chi connectivity index (χ0) is 10.8. The Morgan fingerprint density at radius 2 is 2.33 bits per heavy atom. The van der Waals surface area contributed by atoms with Crippen LogP contribution in [0.15, 0.2) is 18.3 Å². The second kappa shape index (κ2) is 3.76. The standard InChI is InChI=1S/C10H13N3O2/c1-15-9-5-4-8(6-12-9)13(10(11)14)7-2-3-7/h4-7H,2-3H2,1H3,(H2,11,14). The molecule has 5 heteroatoms. The van der Waals surface area contributed by atoms with Crippen molar-refractivity contribution in [3.63, 3.8) is 0 Å². The number of hydrogen-bond donors (Lipinski definition) is 1. The molecule has 1 aromatic rings. The van der Waals surface area contributed by atoms with Crippen LogP contribution in [-0.2, 0) is 0 Å². The normalized spacial score (nSPS) is 14.7. The van der Waals surface area contributed by atoms with Crippen LogP contribution in [0.25, 0.3) is 0 Å². The van der Waals surface area contributed by atoms with E-state index in [1.165, 1.54) is 0 Å². The predicted molar refractivity (Wildman–Crippen MR) is 55.9 cm³/mol. The van der Waals surface area contributed by atoms with Gasteiger partial charge in [-0.05, 0) is 18.9 Å². The third-order valence-electron chi connectivity index (χ3n) is 2.36. The lowest BCUT2D eigenvalue weighted by Gasteiger charge is -2.19. The van der Waals surface area contributed by atoms with E-state index in [2.05, 4.69) is 4.98 Å². The molecule has 0 aromatic carbocycles. The Balaban J connectivity index is 2.22. The van der Waals surface area contributed by atoms with Crippen molar-refractivity contribution in [2.75, 3.05) is 12.0 Å². The molecule has 80 valence electrons. The summed E-state index contributed by atoms with van der Waals surface area (Å²) in [5.74, 6) is 0.527. The van der Waals surface area contributed by atoms with Gasteiger partial charge in [-0.3, -0.25) is 4.90 Å². The molecule has 1 saturated carbocycles. The van der Waals surface area contributed by atoms with E-state index in [1.807, 2.05) is 0 Å². The Hall–Kier alpha value is -1.78. The van der Waals surface area contributed by atoms with Crippen LogP contribution in [0.2, 0.25) is 0 Å². The van der Waals surface area contributed by atoms with E-state index in [1.54, 1.807) is 30.3 Å². The van der Waals surface area contributed by atoms with Crippen molar-refractivity contribution in [3.8, 4) is 5.88 Å². The summed E-state index contributed by atoms with van der Waals surface area (Å²) >= 11 is 0. The van der Waals surface area contributed by atoms with Crippen molar-refractivity contribution < 1.29 is 9.53 Å². The maximum Gasteiger partial charge on any atom is 0.319 e. The highest BCUT2D eigenvalue weighted by Crippen LogP contribution is 2.31. The molecule has 1 heterocycles. The van der Waals surface area contributed by atoms with Gasteiger partial charge in [-0.1, -0.05) is 0 Å². The molecule has 0 bridgehead atoms. The van der Waals surface area contributed by atoms with Crippen molar-refractivity contribution in [3.05, 3.63) is 18.3 Å². The number of urea groups is 1. The summed E-state index contributed by atoms with van der Waals surface area (Å²) in [4.78, 5) is 16.8. The average molecular weight is 207 g/mol. The van der Waals surface area contributed by atoms with Crippen LogP contribution in [0, 0.1) is 0 Å². The molecule has 0 unspecified atom stereocenters. The largest absolute Gasteiger partial charge is 0.481 e. The molecular weight excluding hydrogens is 194 g/mol. The zero-order valence-corrected chi connectivity index (χ0v) is 8.51. The van der Waals surface area contributed by atoms with Gasteiger partial charge in [0.15, 0.2) is 0 Å². The molecular formula is C10H13N3O2. The van der Waals surface area contributed by atoms with Crippen molar-refractivity contribution in [1.29, 1.82) is 0 Å². The van der Waals surface area contributed by atoms with Crippen LogP contribution < -0.4 is 15.4 Å². The van der Waals surface area contributed by atoms with E-state index in [-0.39, 0.29) is 6.04 Å². The number of aromatic nitrogens is 1. The summed E-state index contributed by atoms with van der Waals surface area (Å²) in [5, 5.41) is 0. The van der Waals surface area contributed by atoms with Crippen molar-refractivity contribution >= 4 is 11.7 Å². The first-order valence-corrected chi connectivity index (χ1v) is 4.81. The summed E-state index contributed by atoms with van der Waals surface area (Å²) in [6, 6.07) is 3.32. The lowest BCUT2D eigenvalue weighted by Crippen LogP contribution is -2.37. The van der Waals surface area contributed by atoms with E-state index in [0.717, 1.165) is 18.5 Å². The summed E-state index contributed by atoms with van der Waals surface area (Å²) in [6.07, 6.45) is 3.62. The van der Waals surface area contributed by atoms with Gasteiger partial charge in [0.25, 0.3) is 0 Å². The molecule has 2 rings (SSSR count). The van der Waals surface area contributed by atoms with E-state index in [9.17, 15) is 4.79 Å². The lowest BCUT2D eigenvalue weighted by molar-refractivity contribution is 0.253. The van der Waals surface area contributed by atoms with Crippen LogP contribution in [0.3, 0.4) is 0 Å². The highest BCUT2D eigenvalue weighted by atomic mass is 16.5. The SMILES string of the molecule is COc1ccc(N(C(N)=O)C2CC2)cn1. The summed E-state index contributed by atoms with van der Waals surface area (Å²) in [5.41, 5.74) is 6.04. The molecule has 0 spiro atoms. The van der Waals surface area contributed by atoms with Gasteiger partial charge in [0.2, 0.25) is 5.88 Å².